The van der Waals surface area contributed by atoms with E-state index in [0.717, 1.165) is 18.5 Å². The maximum Gasteiger partial charge on any atom is 0.0450 e. The van der Waals surface area contributed by atoms with Crippen LogP contribution in [0.4, 0.5) is 0 Å². The van der Waals surface area contributed by atoms with E-state index in [9.17, 15) is 0 Å². The van der Waals surface area contributed by atoms with Crippen molar-refractivity contribution in [2.75, 3.05) is 6.61 Å². The first-order valence-electron chi connectivity index (χ1n) is 5.26. The highest BCUT2D eigenvalue weighted by atomic mass is 16.2. The third-order valence-electron chi connectivity index (χ3n) is 2.65. The number of rotatable bonds is 3. The molecule has 1 aromatic carbocycles. The molecule has 15 heavy (non-hydrogen) atoms. The Morgan fingerprint density at radius 1 is 1.27 bits per heavy atom. The SMILES string of the molecule is Cc1nccc2cc(CCCO)ccc12. The Labute approximate surface area is 89.6 Å². The first kappa shape index (κ1) is 10.1. The molecule has 0 saturated heterocycles. The minimum atomic E-state index is 0.257. The predicted molar refractivity (Wildman–Crippen MR) is 61.9 cm³/mol. The van der Waals surface area contributed by atoms with E-state index in [2.05, 4.69) is 23.2 Å². The fourth-order valence-electron chi connectivity index (χ4n) is 1.82. The number of nitrogens with zero attached hydrogens (tertiary/aromatic N) is 1. The number of aromatic nitrogens is 1. The van der Waals surface area contributed by atoms with Crippen molar-refractivity contribution in [2.24, 2.45) is 0 Å². The highest BCUT2D eigenvalue weighted by Gasteiger charge is 1.99. The molecule has 0 atom stereocenters. The van der Waals surface area contributed by atoms with Crippen LogP contribution >= 0.6 is 0 Å². The topological polar surface area (TPSA) is 33.1 Å². The standard InChI is InChI=1S/C13H15NO/c1-10-13-5-4-11(3-2-8-15)9-12(13)6-7-14-10/h4-7,9,15H,2-3,8H2,1H3. The summed E-state index contributed by atoms with van der Waals surface area (Å²) in [5.74, 6) is 0. The minimum Gasteiger partial charge on any atom is -0.396 e. The molecule has 0 unspecified atom stereocenters. The Hall–Kier alpha value is -1.41. The van der Waals surface area contributed by atoms with Gasteiger partial charge in [-0.3, -0.25) is 4.98 Å². The molecule has 0 saturated carbocycles. The van der Waals surface area contributed by atoms with E-state index in [0.29, 0.717) is 0 Å². The second kappa shape index (κ2) is 4.41. The molecule has 1 heterocycles. The first-order chi connectivity index (χ1) is 7.31. The Morgan fingerprint density at radius 3 is 2.93 bits per heavy atom. The summed E-state index contributed by atoms with van der Waals surface area (Å²) in [5.41, 5.74) is 2.35. The molecule has 2 rings (SSSR count). The Bertz CT molecular complexity index is 465. The molecule has 0 aliphatic heterocycles. The Morgan fingerprint density at radius 2 is 2.13 bits per heavy atom. The fourth-order valence-corrected chi connectivity index (χ4v) is 1.82. The maximum absolute atomic E-state index is 8.77. The molecule has 0 amide bonds. The summed E-state index contributed by atoms with van der Waals surface area (Å²) in [5, 5.41) is 11.2. The molecule has 2 nitrogen and oxygen atoms in total. The number of aryl methyl sites for hydroxylation is 2. The van der Waals surface area contributed by atoms with E-state index in [-0.39, 0.29) is 6.61 Å². The zero-order valence-electron chi connectivity index (χ0n) is 8.90. The molecule has 2 heteroatoms. The fraction of sp³-hybridized carbons (Fsp3) is 0.308. The number of pyridine rings is 1. The molecule has 0 spiro atoms. The third kappa shape index (κ3) is 2.16. The van der Waals surface area contributed by atoms with Crippen LogP contribution in [0, 0.1) is 6.92 Å². The molecule has 78 valence electrons. The van der Waals surface area contributed by atoms with Crippen molar-refractivity contribution in [2.45, 2.75) is 19.8 Å². The second-order valence-corrected chi connectivity index (χ2v) is 3.78. The highest BCUT2D eigenvalue weighted by molar-refractivity contribution is 5.84. The van der Waals surface area contributed by atoms with E-state index in [4.69, 9.17) is 5.11 Å². The summed E-state index contributed by atoms with van der Waals surface area (Å²) in [6, 6.07) is 8.45. The average molecular weight is 201 g/mol. The van der Waals surface area contributed by atoms with Crippen molar-refractivity contribution < 1.29 is 5.11 Å². The highest BCUT2D eigenvalue weighted by Crippen LogP contribution is 2.18. The van der Waals surface area contributed by atoms with Gasteiger partial charge in [-0.15, -0.1) is 0 Å². The summed E-state index contributed by atoms with van der Waals surface area (Å²) in [6.45, 7) is 2.28. The lowest BCUT2D eigenvalue weighted by Gasteiger charge is -2.04. The van der Waals surface area contributed by atoms with Crippen LogP contribution in [0.2, 0.25) is 0 Å². The van der Waals surface area contributed by atoms with E-state index >= 15 is 0 Å². The van der Waals surface area contributed by atoms with Crippen LogP contribution in [0.1, 0.15) is 17.7 Å². The number of fused-ring (bicyclic) bond motifs is 1. The van der Waals surface area contributed by atoms with Gasteiger partial charge in [0.2, 0.25) is 0 Å². The smallest absolute Gasteiger partial charge is 0.0450 e. The van der Waals surface area contributed by atoms with Crippen LogP contribution in [0.25, 0.3) is 10.8 Å². The summed E-state index contributed by atoms with van der Waals surface area (Å²) in [7, 11) is 0. The molecular formula is C13H15NO. The van der Waals surface area contributed by atoms with Gasteiger partial charge in [-0.25, -0.2) is 0 Å². The number of hydrogen-bond acceptors (Lipinski definition) is 2. The predicted octanol–water partition coefficient (Wildman–Crippen LogP) is 2.47. The summed E-state index contributed by atoms with van der Waals surface area (Å²) in [4.78, 5) is 4.26. The van der Waals surface area contributed by atoms with Crippen LogP contribution in [-0.2, 0) is 6.42 Å². The van der Waals surface area contributed by atoms with Crippen LogP contribution in [-0.4, -0.2) is 16.7 Å². The van der Waals surface area contributed by atoms with Gasteiger partial charge in [0.05, 0.1) is 0 Å². The number of aliphatic hydroxyl groups is 1. The first-order valence-corrected chi connectivity index (χ1v) is 5.26. The average Bonchev–Trinajstić information content (AvgIpc) is 2.26. The molecule has 0 aliphatic carbocycles. The lowest BCUT2D eigenvalue weighted by atomic mass is 10.0. The van der Waals surface area contributed by atoms with Gasteiger partial charge < -0.3 is 5.11 Å². The van der Waals surface area contributed by atoms with Gasteiger partial charge in [0.25, 0.3) is 0 Å². The monoisotopic (exact) mass is 201 g/mol. The van der Waals surface area contributed by atoms with Gasteiger partial charge in [0.1, 0.15) is 0 Å². The maximum atomic E-state index is 8.77. The molecule has 0 aliphatic rings. The number of benzene rings is 1. The molecular weight excluding hydrogens is 186 g/mol. The van der Waals surface area contributed by atoms with Gasteiger partial charge in [0.15, 0.2) is 0 Å². The van der Waals surface area contributed by atoms with Gasteiger partial charge in [0, 0.05) is 23.9 Å². The van der Waals surface area contributed by atoms with Crippen LogP contribution in [0.15, 0.2) is 30.5 Å². The molecule has 1 aromatic heterocycles. The summed E-state index contributed by atoms with van der Waals surface area (Å²) >= 11 is 0. The van der Waals surface area contributed by atoms with Gasteiger partial charge in [-0.2, -0.15) is 0 Å². The summed E-state index contributed by atoms with van der Waals surface area (Å²) < 4.78 is 0. The molecule has 1 N–H and O–H groups in total. The Balaban J connectivity index is 2.39. The Kier molecular flexibility index (Phi) is 2.97. The van der Waals surface area contributed by atoms with Crippen LogP contribution in [0.3, 0.4) is 0 Å². The normalized spacial score (nSPS) is 10.8. The van der Waals surface area contributed by atoms with Crippen molar-refractivity contribution >= 4 is 10.8 Å². The van der Waals surface area contributed by atoms with Crippen molar-refractivity contribution in [3.63, 3.8) is 0 Å². The molecule has 0 radical (unpaired) electrons. The van der Waals surface area contributed by atoms with Crippen molar-refractivity contribution in [1.29, 1.82) is 0 Å². The molecule has 0 fully saturated rings. The third-order valence-corrected chi connectivity index (χ3v) is 2.65. The van der Waals surface area contributed by atoms with Gasteiger partial charge in [-0.1, -0.05) is 18.2 Å². The van der Waals surface area contributed by atoms with E-state index < -0.39 is 0 Å². The van der Waals surface area contributed by atoms with E-state index in [1.807, 2.05) is 19.2 Å². The second-order valence-electron chi connectivity index (χ2n) is 3.78. The van der Waals surface area contributed by atoms with Crippen LogP contribution in [0.5, 0.6) is 0 Å². The zero-order chi connectivity index (χ0) is 10.7. The van der Waals surface area contributed by atoms with Gasteiger partial charge in [-0.05, 0) is 36.8 Å². The van der Waals surface area contributed by atoms with Crippen molar-refractivity contribution in [3.8, 4) is 0 Å². The zero-order valence-corrected chi connectivity index (χ0v) is 8.90. The molecule has 0 bridgehead atoms. The number of aliphatic hydroxyl groups excluding tert-OH is 1. The lowest BCUT2D eigenvalue weighted by molar-refractivity contribution is 0.288. The minimum absolute atomic E-state index is 0.257. The largest absolute Gasteiger partial charge is 0.396 e. The van der Waals surface area contributed by atoms with Crippen molar-refractivity contribution in [1.82, 2.24) is 4.98 Å². The molecule has 2 aromatic rings. The summed E-state index contributed by atoms with van der Waals surface area (Å²) in [6.07, 6.45) is 3.61. The number of hydrogen-bond donors (Lipinski definition) is 1. The van der Waals surface area contributed by atoms with E-state index in [1.54, 1.807) is 0 Å². The van der Waals surface area contributed by atoms with Gasteiger partial charge >= 0.3 is 0 Å². The lowest BCUT2D eigenvalue weighted by Crippen LogP contribution is -1.90. The quantitative estimate of drug-likeness (QED) is 0.827. The van der Waals surface area contributed by atoms with Crippen molar-refractivity contribution in [3.05, 3.63) is 41.7 Å². The van der Waals surface area contributed by atoms with Crippen LogP contribution < -0.4 is 0 Å². The van der Waals surface area contributed by atoms with E-state index in [1.165, 1.54) is 16.3 Å².